The molecule has 17 rings (SSSR count). The lowest BCUT2D eigenvalue weighted by Gasteiger charge is -2.47. The highest BCUT2D eigenvalue weighted by atomic mass is 15.2. The molecular weight excluding hydrogens is 1440 g/mol. The first-order chi connectivity index (χ1) is 62.4. The second kappa shape index (κ2) is 27.9. The normalized spacial score (nSPS) is 15.7. The minimum Gasteiger partial charge on any atom is -0.310 e. The van der Waals surface area contributed by atoms with Crippen LogP contribution in [0.1, 0.15) is 259 Å². The zero-order valence-corrected chi connectivity index (χ0v) is 74.9. The summed E-state index contributed by atoms with van der Waals surface area (Å²) in [4.78, 5) is 4.89. The van der Waals surface area contributed by atoms with Gasteiger partial charge in [-0.15, -0.1) is 0 Å². The molecule has 0 spiro atoms. The molecule has 0 amide bonds. The second-order valence-electron chi connectivity index (χ2n) is 42.8. The van der Waals surface area contributed by atoms with Crippen LogP contribution in [0.3, 0.4) is 0 Å². The van der Waals surface area contributed by atoms with Crippen LogP contribution in [0.4, 0.5) is 34.1 Å². The minimum absolute atomic E-state index is 0.0440. The van der Waals surface area contributed by atoms with Crippen molar-refractivity contribution in [2.75, 3.05) is 9.80 Å². The van der Waals surface area contributed by atoms with Crippen LogP contribution < -0.4 is 26.2 Å². The minimum atomic E-state index is -0.811. The first kappa shape index (κ1) is 63.2. The molecule has 0 unspecified atom stereocenters. The summed E-state index contributed by atoms with van der Waals surface area (Å²) in [5.41, 5.74) is 20.6. The first-order valence-corrected chi connectivity index (χ1v) is 42.4. The van der Waals surface area contributed by atoms with E-state index in [9.17, 15) is 21.9 Å². The van der Waals surface area contributed by atoms with Crippen molar-refractivity contribution in [3.05, 3.63) is 304 Å². The number of anilines is 6. The van der Waals surface area contributed by atoms with E-state index in [1.54, 1.807) is 9.13 Å². The summed E-state index contributed by atoms with van der Waals surface area (Å²) in [5, 5.41) is -0.268. The molecule has 0 radical (unpaired) electrons. The molecule has 2 aliphatic rings. The molecule has 2 aliphatic heterocycles. The van der Waals surface area contributed by atoms with Crippen LogP contribution in [-0.2, 0) is 48.7 Å². The Morgan fingerprint density at radius 1 is 0.235 bits per heavy atom. The van der Waals surface area contributed by atoms with Crippen LogP contribution in [0.5, 0.6) is 0 Å². The molecule has 5 heteroatoms. The van der Waals surface area contributed by atoms with Crippen molar-refractivity contribution in [1.29, 1.82) is 0 Å². The molecule has 0 aliphatic carbocycles. The van der Waals surface area contributed by atoms with Gasteiger partial charge in [-0.25, -0.2) is 0 Å². The Labute approximate surface area is 734 Å². The van der Waals surface area contributed by atoms with Gasteiger partial charge in [-0.1, -0.05) is 357 Å². The molecule has 602 valence electrons. The van der Waals surface area contributed by atoms with Crippen LogP contribution in [0, 0.1) is 0 Å². The Balaban J connectivity index is 1.17. The Kier molecular flexibility index (Phi) is 14.8. The number of para-hydroxylation sites is 4. The molecule has 119 heavy (non-hydrogen) atoms. The van der Waals surface area contributed by atoms with Gasteiger partial charge in [-0.3, -0.25) is 0 Å². The standard InChI is InChI=1S/C114H123BN4/c1-106(2,3)72-48-44-70(45-49-72)86-61-76(110(13,14)15)63-89(81-56-52-75(109(10,11)12)65-92(81)114(25,26)27)104(86)118-99-68-79(116-95-40-32-28-36-82(95)83-37-29-33-41-96(83)116)54-58-93(99)115-94-59-55-80(117-97-42-34-30-38-84(97)85-39-31-35-43-98(85)117)69-100(94)119(102-67-78(112(19,20)21)66-101(118)103(102)115)105-87(71-46-50-73(51-47-71)107(4,5)6)62-77(111(16,17)18)64-90(105)88-60-74(108(7,8)9)53-57-91(88)113(22,23)24/h28-69H,1-27H3/i28D,29D,30D,31D,32D,33D,34D,35D,36D,37D,38D,39D,40D,41D,42D,43D. The first-order valence-electron chi connectivity index (χ1n) is 50.4. The summed E-state index contributed by atoms with van der Waals surface area (Å²) in [5.74, 6) is 0. The molecule has 4 nitrogen and oxygen atoms in total. The summed E-state index contributed by atoms with van der Waals surface area (Å²) < 4.78 is 158. The lowest BCUT2D eigenvalue weighted by atomic mass is 9.33. The smallest absolute Gasteiger partial charge is 0.252 e. The number of benzene rings is 13. The molecule has 0 bridgehead atoms. The zero-order chi connectivity index (χ0) is 98.8. The maximum Gasteiger partial charge on any atom is 0.252 e. The van der Waals surface area contributed by atoms with E-state index in [0.717, 1.165) is 134 Å². The molecule has 0 fully saturated rings. The van der Waals surface area contributed by atoms with Gasteiger partial charge in [0, 0.05) is 77.9 Å². The molecule has 0 atom stereocenters. The van der Waals surface area contributed by atoms with Crippen molar-refractivity contribution in [1.82, 2.24) is 9.13 Å². The fourth-order valence-corrected chi connectivity index (χ4v) is 18.0. The predicted octanol–water partition coefficient (Wildman–Crippen LogP) is 30.3. The summed E-state index contributed by atoms with van der Waals surface area (Å²) in [6.07, 6.45) is 0. The monoisotopic (exact) mass is 1580 g/mol. The van der Waals surface area contributed by atoms with Gasteiger partial charge in [0.2, 0.25) is 0 Å². The molecule has 15 aromatic rings. The number of nitrogens with zero attached hydrogens (tertiary/aromatic N) is 4. The van der Waals surface area contributed by atoms with Crippen molar-refractivity contribution >= 4 is 101 Å². The average Bonchev–Trinajstić information content (AvgIpc) is 1.35. The summed E-state index contributed by atoms with van der Waals surface area (Å²) >= 11 is 0. The van der Waals surface area contributed by atoms with Crippen molar-refractivity contribution in [3.63, 3.8) is 0 Å². The van der Waals surface area contributed by atoms with Crippen LogP contribution in [0.2, 0.25) is 0 Å². The lowest BCUT2D eigenvalue weighted by molar-refractivity contribution is 0.569. The van der Waals surface area contributed by atoms with Gasteiger partial charge >= 0.3 is 0 Å². The Morgan fingerprint density at radius 3 is 0.891 bits per heavy atom. The van der Waals surface area contributed by atoms with Crippen LogP contribution >= 0.6 is 0 Å². The Bertz CT molecular complexity index is 7440. The van der Waals surface area contributed by atoms with E-state index in [2.05, 4.69) is 330 Å². The number of hydrogen-bond donors (Lipinski definition) is 0. The molecule has 0 saturated carbocycles. The van der Waals surface area contributed by atoms with Crippen LogP contribution in [0.15, 0.2) is 254 Å². The molecule has 0 N–H and O–H groups in total. The summed E-state index contributed by atoms with van der Waals surface area (Å²) in [7, 11) is 0. The third-order valence-corrected chi connectivity index (χ3v) is 25.0. The maximum absolute atomic E-state index is 10.1. The summed E-state index contributed by atoms with van der Waals surface area (Å²) in [6, 6.07) is 50.0. The van der Waals surface area contributed by atoms with Gasteiger partial charge in [0.05, 0.1) is 55.4 Å². The van der Waals surface area contributed by atoms with Gasteiger partial charge < -0.3 is 18.9 Å². The molecule has 13 aromatic carbocycles. The number of rotatable bonds is 8. The third-order valence-electron chi connectivity index (χ3n) is 25.0. The topological polar surface area (TPSA) is 16.3 Å². The average molecular weight is 1580 g/mol. The van der Waals surface area contributed by atoms with E-state index in [0.29, 0.717) is 22.7 Å². The van der Waals surface area contributed by atoms with Gasteiger partial charge in [-0.2, -0.15) is 0 Å². The van der Waals surface area contributed by atoms with E-state index >= 15 is 0 Å². The largest absolute Gasteiger partial charge is 0.310 e. The van der Waals surface area contributed by atoms with E-state index in [-0.39, 0.29) is 65.3 Å². The van der Waals surface area contributed by atoms with Gasteiger partial charge in [-0.05, 0) is 222 Å². The number of fused-ring (bicyclic) bond motifs is 10. The fourth-order valence-electron chi connectivity index (χ4n) is 18.0. The Hall–Kier alpha value is -10.9. The SMILES string of the molecule is [2H]c1c([2H])c([2H])c2c(c1[2H])c1c([2H])c([2H])c([2H])c([2H])c1n2-c1ccc2c(c1)N(c1c(-c3ccc(C(C)(C)C)cc3)cc(C(C)(C)C)cc1-c1cc(C(C)(C)C)ccc1C(C)(C)C)c1cc(C(C)(C)C)cc3c1B2c1ccc(-n2c4c([2H])c([2H])c([2H])c([2H])c4c4c([2H])c([2H])c([2H])c([2H])c42)cc1N3c1c(-c2ccc(C(C)(C)C)cc2)cc(C(C)(C)C)cc1-c1ccc(C(C)(C)C)cc1C(C)(C)C. The predicted molar refractivity (Wildman–Crippen MR) is 519 cm³/mol. The van der Waals surface area contributed by atoms with Gasteiger partial charge in [0.1, 0.15) is 0 Å². The fraction of sp³-hybridized carbons (Fsp3) is 0.316. The lowest BCUT2D eigenvalue weighted by Crippen LogP contribution is -2.61. The maximum atomic E-state index is 10.1. The second-order valence-corrected chi connectivity index (χ2v) is 42.8. The third kappa shape index (κ3) is 14.0. The highest BCUT2D eigenvalue weighted by Gasteiger charge is 2.48. The quantitative estimate of drug-likeness (QED) is 0.141. The van der Waals surface area contributed by atoms with Crippen molar-refractivity contribution < 1.29 is 21.9 Å². The van der Waals surface area contributed by atoms with Gasteiger partial charge in [0.15, 0.2) is 0 Å². The van der Waals surface area contributed by atoms with E-state index < -0.39 is 130 Å². The number of aromatic nitrogens is 2. The van der Waals surface area contributed by atoms with E-state index in [4.69, 9.17) is 0 Å². The molecule has 0 saturated heterocycles. The van der Waals surface area contributed by atoms with Crippen LogP contribution in [-0.4, -0.2) is 15.8 Å². The van der Waals surface area contributed by atoms with Crippen molar-refractivity contribution in [2.24, 2.45) is 0 Å². The molecule has 4 heterocycles. The van der Waals surface area contributed by atoms with Crippen molar-refractivity contribution in [2.45, 2.75) is 236 Å². The Morgan fingerprint density at radius 2 is 0.538 bits per heavy atom. The molecular formula is C114H123BN4. The van der Waals surface area contributed by atoms with E-state index in [1.807, 2.05) is 24.3 Å². The highest BCUT2D eigenvalue weighted by Crippen LogP contribution is 2.58. The van der Waals surface area contributed by atoms with Crippen LogP contribution in [0.25, 0.3) is 99.5 Å². The van der Waals surface area contributed by atoms with E-state index in [1.165, 1.54) is 0 Å². The van der Waals surface area contributed by atoms with Crippen molar-refractivity contribution in [3.8, 4) is 55.9 Å². The highest BCUT2D eigenvalue weighted by molar-refractivity contribution is 7.00. The van der Waals surface area contributed by atoms with Gasteiger partial charge in [0.25, 0.3) is 6.71 Å². The summed E-state index contributed by atoms with van der Waals surface area (Å²) in [6.45, 7) is 59.9. The zero-order valence-electron chi connectivity index (χ0n) is 90.9. The number of hydrogen-bond acceptors (Lipinski definition) is 2. The molecule has 2 aromatic heterocycles.